The first-order valence-corrected chi connectivity index (χ1v) is 10.2. The fraction of sp³-hybridized carbons (Fsp3) is 0.611. The Morgan fingerprint density at radius 3 is 2.54 bits per heavy atom. The highest BCUT2D eigenvalue weighted by Gasteiger charge is 2.19. The molecule has 0 radical (unpaired) electrons. The van der Waals surface area contributed by atoms with Gasteiger partial charge >= 0.3 is 12.1 Å². The molecular weight excluding hydrogens is 374 g/mol. The summed E-state index contributed by atoms with van der Waals surface area (Å²) in [5.74, 6) is -0.315. The standard InChI is InChI=1S/C18H27NO5S2/c1-6-23-16(21)15-10-9-13(26-15)7-8-14(25-12(2)20)11-19-17(22)24-18(3,4)5/h9-10,14H,6-8,11H2,1-5H3,(H,19,22)/t14-/m0/s1. The molecule has 0 bridgehead atoms. The summed E-state index contributed by atoms with van der Waals surface area (Å²) in [4.78, 5) is 36.6. The molecule has 0 aliphatic carbocycles. The average Bonchev–Trinajstić information content (AvgIpc) is 2.97. The van der Waals surface area contributed by atoms with Crippen LogP contribution in [0.15, 0.2) is 12.1 Å². The van der Waals surface area contributed by atoms with Gasteiger partial charge in [-0.15, -0.1) is 11.3 Å². The van der Waals surface area contributed by atoms with Crippen molar-refractivity contribution in [1.82, 2.24) is 5.32 Å². The first-order chi connectivity index (χ1) is 12.1. The maximum atomic E-state index is 11.8. The number of esters is 1. The lowest BCUT2D eigenvalue weighted by Crippen LogP contribution is -2.36. The van der Waals surface area contributed by atoms with Crippen molar-refractivity contribution in [2.75, 3.05) is 13.2 Å². The van der Waals surface area contributed by atoms with Gasteiger partial charge in [-0.1, -0.05) is 11.8 Å². The van der Waals surface area contributed by atoms with Crippen LogP contribution in [0.5, 0.6) is 0 Å². The topological polar surface area (TPSA) is 81.7 Å². The van der Waals surface area contributed by atoms with Crippen molar-refractivity contribution in [3.8, 4) is 0 Å². The third kappa shape index (κ3) is 9.24. The Hall–Kier alpha value is -1.54. The van der Waals surface area contributed by atoms with E-state index in [-0.39, 0.29) is 16.3 Å². The molecule has 0 aliphatic heterocycles. The van der Waals surface area contributed by atoms with E-state index in [2.05, 4.69) is 5.32 Å². The number of rotatable bonds is 8. The molecule has 1 heterocycles. The summed E-state index contributed by atoms with van der Waals surface area (Å²) in [6, 6.07) is 3.65. The molecule has 1 atom stereocenters. The van der Waals surface area contributed by atoms with E-state index < -0.39 is 11.7 Å². The third-order valence-electron chi connectivity index (χ3n) is 3.06. The van der Waals surface area contributed by atoms with Gasteiger partial charge in [-0.25, -0.2) is 9.59 Å². The van der Waals surface area contributed by atoms with Gasteiger partial charge in [0.25, 0.3) is 0 Å². The zero-order valence-corrected chi connectivity index (χ0v) is 17.6. The van der Waals surface area contributed by atoms with Gasteiger partial charge in [0.05, 0.1) is 6.61 Å². The lowest BCUT2D eigenvalue weighted by molar-refractivity contribution is -0.109. The summed E-state index contributed by atoms with van der Waals surface area (Å²) in [7, 11) is 0. The lowest BCUT2D eigenvalue weighted by atomic mass is 10.2. The predicted octanol–water partition coefficient (Wildman–Crippen LogP) is 4.03. The normalized spacial score (nSPS) is 12.3. The molecule has 26 heavy (non-hydrogen) atoms. The number of thioether (sulfide) groups is 1. The fourth-order valence-corrected chi connectivity index (χ4v) is 3.86. The molecule has 0 saturated heterocycles. The minimum Gasteiger partial charge on any atom is -0.462 e. The minimum atomic E-state index is -0.562. The summed E-state index contributed by atoms with van der Waals surface area (Å²) < 4.78 is 10.2. The summed E-state index contributed by atoms with van der Waals surface area (Å²) in [5, 5.41) is 2.65. The Labute approximate surface area is 163 Å². The number of nitrogens with one attached hydrogen (secondary N) is 1. The number of carbonyl (C=O) groups excluding carboxylic acids is 3. The SMILES string of the molecule is CCOC(=O)c1ccc(CC[C@@H](CNC(=O)OC(C)(C)C)SC(C)=O)s1. The molecule has 1 amide bonds. The molecule has 0 spiro atoms. The Balaban J connectivity index is 2.55. The van der Waals surface area contributed by atoms with Gasteiger partial charge in [-0.05, 0) is 52.7 Å². The quantitative estimate of drug-likeness (QED) is 0.662. The molecule has 0 fully saturated rings. The van der Waals surface area contributed by atoms with Gasteiger partial charge in [0, 0.05) is 23.6 Å². The van der Waals surface area contributed by atoms with Crippen LogP contribution < -0.4 is 5.32 Å². The van der Waals surface area contributed by atoms with E-state index in [1.807, 2.05) is 6.07 Å². The number of thiophene rings is 1. The second kappa shape index (κ2) is 10.6. The smallest absolute Gasteiger partial charge is 0.407 e. The zero-order valence-electron chi connectivity index (χ0n) is 15.9. The molecule has 1 rings (SSSR count). The Bertz CT molecular complexity index is 621. The highest BCUT2D eigenvalue weighted by molar-refractivity contribution is 8.14. The third-order valence-corrected chi connectivity index (χ3v) is 5.25. The molecule has 1 N–H and O–H groups in total. The summed E-state index contributed by atoms with van der Waals surface area (Å²) in [5.41, 5.74) is -0.562. The number of carbonyl (C=O) groups is 3. The van der Waals surface area contributed by atoms with Crippen LogP contribution in [0.3, 0.4) is 0 Å². The van der Waals surface area contributed by atoms with Crippen molar-refractivity contribution in [3.63, 3.8) is 0 Å². The van der Waals surface area contributed by atoms with Crippen LogP contribution in [0.4, 0.5) is 4.79 Å². The number of hydrogen-bond acceptors (Lipinski definition) is 7. The van der Waals surface area contributed by atoms with Crippen LogP contribution >= 0.6 is 23.1 Å². The monoisotopic (exact) mass is 401 g/mol. The molecule has 0 aromatic carbocycles. The van der Waals surface area contributed by atoms with E-state index in [0.29, 0.717) is 30.9 Å². The van der Waals surface area contributed by atoms with Crippen LogP contribution in [0.2, 0.25) is 0 Å². The van der Waals surface area contributed by atoms with E-state index >= 15 is 0 Å². The molecule has 146 valence electrons. The van der Waals surface area contributed by atoms with Crippen LogP contribution in [0, 0.1) is 0 Å². The molecule has 0 aliphatic rings. The van der Waals surface area contributed by atoms with Crippen molar-refractivity contribution in [3.05, 3.63) is 21.9 Å². The second-order valence-electron chi connectivity index (χ2n) is 6.64. The molecule has 0 saturated carbocycles. The molecule has 1 aromatic heterocycles. The number of aryl methyl sites for hydroxylation is 1. The summed E-state index contributed by atoms with van der Waals surface area (Å²) >= 11 is 2.60. The van der Waals surface area contributed by atoms with Crippen LogP contribution in [0.1, 0.15) is 55.6 Å². The van der Waals surface area contributed by atoms with Gasteiger partial charge in [0.1, 0.15) is 10.5 Å². The summed E-state index contributed by atoms with van der Waals surface area (Å²) in [6.45, 7) is 9.36. The van der Waals surface area contributed by atoms with Gasteiger partial charge in [-0.3, -0.25) is 4.79 Å². The highest BCUT2D eigenvalue weighted by atomic mass is 32.2. The van der Waals surface area contributed by atoms with Crippen molar-refractivity contribution >= 4 is 40.3 Å². The number of alkyl carbamates (subject to hydrolysis) is 1. The highest BCUT2D eigenvalue weighted by Crippen LogP contribution is 2.23. The zero-order chi connectivity index (χ0) is 19.7. The maximum absolute atomic E-state index is 11.8. The second-order valence-corrected chi connectivity index (χ2v) is 9.28. The van der Waals surface area contributed by atoms with E-state index in [0.717, 1.165) is 4.88 Å². The fourth-order valence-electron chi connectivity index (χ4n) is 2.08. The van der Waals surface area contributed by atoms with Gasteiger partial charge < -0.3 is 14.8 Å². The van der Waals surface area contributed by atoms with Crippen molar-refractivity contribution < 1.29 is 23.9 Å². The van der Waals surface area contributed by atoms with Crippen LogP contribution in [-0.4, -0.2) is 41.2 Å². The van der Waals surface area contributed by atoms with E-state index in [4.69, 9.17) is 9.47 Å². The Kier molecular flexibility index (Phi) is 9.15. The van der Waals surface area contributed by atoms with Gasteiger partial charge in [-0.2, -0.15) is 0 Å². The molecule has 6 nitrogen and oxygen atoms in total. The van der Waals surface area contributed by atoms with Crippen molar-refractivity contribution in [2.45, 2.75) is 58.3 Å². The largest absolute Gasteiger partial charge is 0.462 e. The Morgan fingerprint density at radius 1 is 1.27 bits per heavy atom. The van der Waals surface area contributed by atoms with Gasteiger partial charge in [0.15, 0.2) is 5.12 Å². The molecule has 8 heteroatoms. The van der Waals surface area contributed by atoms with Gasteiger partial charge in [0.2, 0.25) is 0 Å². The Morgan fingerprint density at radius 2 is 1.96 bits per heavy atom. The maximum Gasteiger partial charge on any atom is 0.407 e. The molecule has 1 aromatic rings. The summed E-state index contributed by atoms with van der Waals surface area (Å²) in [6.07, 6.45) is 0.917. The van der Waals surface area contributed by atoms with Crippen LogP contribution in [0.25, 0.3) is 0 Å². The molecule has 0 unspecified atom stereocenters. The van der Waals surface area contributed by atoms with Crippen molar-refractivity contribution in [1.29, 1.82) is 0 Å². The van der Waals surface area contributed by atoms with E-state index in [1.54, 1.807) is 33.8 Å². The molecular formula is C18H27NO5S2. The van der Waals surface area contributed by atoms with Crippen LogP contribution in [-0.2, 0) is 20.7 Å². The van der Waals surface area contributed by atoms with Crippen molar-refractivity contribution in [2.24, 2.45) is 0 Å². The van der Waals surface area contributed by atoms with E-state index in [1.165, 1.54) is 30.0 Å². The number of hydrogen-bond donors (Lipinski definition) is 1. The first kappa shape index (κ1) is 22.5. The van der Waals surface area contributed by atoms with E-state index in [9.17, 15) is 14.4 Å². The first-order valence-electron chi connectivity index (χ1n) is 8.50. The average molecular weight is 402 g/mol. The number of ether oxygens (including phenoxy) is 2. The minimum absolute atomic E-state index is 0.000573. The predicted molar refractivity (Wildman–Crippen MR) is 105 cm³/mol. The lowest BCUT2D eigenvalue weighted by Gasteiger charge is -2.21. The number of amides is 1.